The lowest BCUT2D eigenvalue weighted by Gasteiger charge is -2.13. The van der Waals surface area contributed by atoms with Crippen molar-refractivity contribution in [2.75, 3.05) is 21.3 Å². The first-order valence-electron chi connectivity index (χ1n) is 7.70. The predicted octanol–water partition coefficient (Wildman–Crippen LogP) is 2.55. The normalized spacial score (nSPS) is 11.8. The Hall–Kier alpha value is -3.06. The van der Waals surface area contributed by atoms with Gasteiger partial charge in [-0.15, -0.1) is 0 Å². The molecule has 0 bridgehead atoms. The minimum absolute atomic E-state index is 0.466. The molecule has 1 unspecified atom stereocenters. The molecule has 0 aliphatic heterocycles. The highest BCUT2D eigenvalue weighted by molar-refractivity contribution is 5.57. The number of H-pyrrole nitrogens is 1. The van der Waals surface area contributed by atoms with E-state index < -0.39 is 6.04 Å². The third-order valence-corrected chi connectivity index (χ3v) is 3.89. The van der Waals surface area contributed by atoms with E-state index in [4.69, 9.17) is 19.9 Å². The van der Waals surface area contributed by atoms with Gasteiger partial charge in [-0.2, -0.15) is 5.10 Å². The fourth-order valence-electron chi connectivity index (χ4n) is 2.51. The second-order valence-electron chi connectivity index (χ2n) is 5.37. The van der Waals surface area contributed by atoms with Gasteiger partial charge in [-0.25, -0.2) is 4.98 Å². The SMILES string of the molecule is COc1cccc(-c2n[nH]c(C(N)c3ccc(OC)c(OC)c3)n2)c1. The third-order valence-electron chi connectivity index (χ3n) is 3.89. The van der Waals surface area contributed by atoms with Crippen LogP contribution in [-0.2, 0) is 0 Å². The minimum Gasteiger partial charge on any atom is -0.497 e. The van der Waals surface area contributed by atoms with Gasteiger partial charge < -0.3 is 19.9 Å². The van der Waals surface area contributed by atoms with Crippen molar-refractivity contribution < 1.29 is 14.2 Å². The van der Waals surface area contributed by atoms with Crippen LogP contribution in [0.25, 0.3) is 11.4 Å². The van der Waals surface area contributed by atoms with Crippen molar-refractivity contribution in [2.24, 2.45) is 5.73 Å². The van der Waals surface area contributed by atoms with Crippen molar-refractivity contribution in [1.29, 1.82) is 0 Å². The molecule has 130 valence electrons. The Morgan fingerprint density at radius 3 is 2.48 bits per heavy atom. The molecule has 0 saturated carbocycles. The van der Waals surface area contributed by atoms with E-state index in [0.29, 0.717) is 23.1 Å². The van der Waals surface area contributed by atoms with E-state index in [2.05, 4.69) is 15.2 Å². The van der Waals surface area contributed by atoms with E-state index in [0.717, 1.165) is 16.9 Å². The molecule has 7 heteroatoms. The Balaban J connectivity index is 1.88. The fraction of sp³-hybridized carbons (Fsp3) is 0.222. The van der Waals surface area contributed by atoms with Crippen LogP contribution in [0.5, 0.6) is 17.2 Å². The molecule has 0 spiro atoms. The average Bonchev–Trinajstić information content (AvgIpc) is 3.17. The van der Waals surface area contributed by atoms with Gasteiger partial charge in [-0.3, -0.25) is 5.10 Å². The molecule has 1 aromatic heterocycles. The molecule has 1 heterocycles. The molecular formula is C18H20N4O3. The number of hydrogen-bond acceptors (Lipinski definition) is 6. The van der Waals surface area contributed by atoms with Crippen LogP contribution in [0, 0.1) is 0 Å². The molecule has 3 aromatic rings. The number of methoxy groups -OCH3 is 3. The van der Waals surface area contributed by atoms with E-state index >= 15 is 0 Å². The molecule has 0 radical (unpaired) electrons. The van der Waals surface area contributed by atoms with Crippen molar-refractivity contribution in [3.05, 3.63) is 53.9 Å². The maximum absolute atomic E-state index is 6.32. The molecule has 0 aliphatic rings. The van der Waals surface area contributed by atoms with Gasteiger partial charge in [0.25, 0.3) is 0 Å². The molecule has 0 amide bonds. The molecule has 0 saturated heterocycles. The second-order valence-corrected chi connectivity index (χ2v) is 5.37. The van der Waals surface area contributed by atoms with Crippen molar-refractivity contribution in [3.63, 3.8) is 0 Å². The van der Waals surface area contributed by atoms with Gasteiger partial charge in [-0.05, 0) is 29.8 Å². The molecule has 3 rings (SSSR count). The Labute approximate surface area is 145 Å². The lowest BCUT2D eigenvalue weighted by molar-refractivity contribution is 0.354. The molecule has 7 nitrogen and oxygen atoms in total. The number of nitrogens with zero attached hydrogens (tertiary/aromatic N) is 2. The summed E-state index contributed by atoms with van der Waals surface area (Å²) in [5.74, 6) is 3.12. The zero-order valence-corrected chi connectivity index (χ0v) is 14.3. The maximum atomic E-state index is 6.32. The standard InChI is InChI=1S/C18H20N4O3/c1-23-13-6-4-5-12(9-13)17-20-18(22-21-17)16(19)11-7-8-14(24-2)15(10-11)25-3/h4-10,16H,19H2,1-3H3,(H,20,21,22). The summed E-state index contributed by atoms with van der Waals surface area (Å²) in [5, 5.41) is 7.16. The highest BCUT2D eigenvalue weighted by Gasteiger charge is 2.17. The largest absolute Gasteiger partial charge is 0.497 e. The number of aromatic nitrogens is 3. The average molecular weight is 340 g/mol. The fourth-order valence-corrected chi connectivity index (χ4v) is 2.51. The molecule has 3 N–H and O–H groups in total. The number of nitrogens with two attached hydrogens (primary N) is 1. The summed E-state index contributed by atoms with van der Waals surface area (Å²) in [6, 6.07) is 12.6. The van der Waals surface area contributed by atoms with Crippen molar-refractivity contribution >= 4 is 0 Å². The topological polar surface area (TPSA) is 95.3 Å². The summed E-state index contributed by atoms with van der Waals surface area (Å²) in [5.41, 5.74) is 8.01. The van der Waals surface area contributed by atoms with Crippen LogP contribution in [0.15, 0.2) is 42.5 Å². The summed E-state index contributed by atoms with van der Waals surface area (Å²) in [7, 11) is 4.80. The third kappa shape index (κ3) is 3.41. The Morgan fingerprint density at radius 2 is 1.76 bits per heavy atom. The van der Waals surface area contributed by atoms with Gasteiger partial charge in [-0.1, -0.05) is 18.2 Å². The van der Waals surface area contributed by atoms with Crippen LogP contribution in [0.4, 0.5) is 0 Å². The first-order chi connectivity index (χ1) is 12.2. The molecule has 1 atom stereocenters. The van der Waals surface area contributed by atoms with Gasteiger partial charge in [0.1, 0.15) is 11.6 Å². The lowest BCUT2D eigenvalue weighted by Crippen LogP contribution is -2.14. The zero-order chi connectivity index (χ0) is 17.8. The van der Waals surface area contributed by atoms with Gasteiger partial charge in [0.15, 0.2) is 17.3 Å². The molecule has 0 aliphatic carbocycles. The highest BCUT2D eigenvalue weighted by atomic mass is 16.5. The van der Waals surface area contributed by atoms with Gasteiger partial charge >= 0.3 is 0 Å². The van der Waals surface area contributed by atoms with Gasteiger partial charge in [0, 0.05) is 5.56 Å². The first-order valence-corrected chi connectivity index (χ1v) is 7.70. The molecular weight excluding hydrogens is 320 g/mol. The van der Waals surface area contributed by atoms with E-state index in [9.17, 15) is 0 Å². The summed E-state index contributed by atoms with van der Waals surface area (Å²) in [4.78, 5) is 4.51. The first kappa shape index (κ1) is 16.8. The Kier molecular flexibility index (Phi) is 4.85. The van der Waals surface area contributed by atoms with Crippen LogP contribution in [0.3, 0.4) is 0 Å². The van der Waals surface area contributed by atoms with E-state index in [1.54, 1.807) is 21.3 Å². The van der Waals surface area contributed by atoms with Crippen LogP contribution < -0.4 is 19.9 Å². The molecule has 2 aromatic carbocycles. The van der Waals surface area contributed by atoms with Crippen LogP contribution in [-0.4, -0.2) is 36.5 Å². The number of rotatable bonds is 6. The van der Waals surface area contributed by atoms with Crippen LogP contribution in [0.1, 0.15) is 17.4 Å². The zero-order valence-electron chi connectivity index (χ0n) is 14.3. The summed E-state index contributed by atoms with van der Waals surface area (Å²) < 4.78 is 15.8. The predicted molar refractivity (Wildman–Crippen MR) is 93.9 cm³/mol. The Bertz CT molecular complexity index is 863. The summed E-state index contributed by atoms with van der Waals surface area (Å²) in [6.45, 7) is 0. The number of benzene rings is 2. The van der Waals surface area contributed by atoms with E-state index in [1.165, 1.54) is 0 Å². The highest BCUT2D eigenvalue weighted by Crippen LogP contribution is 2.31. The lowest BCUT2D eigenvalue weighted by atomic mass is 10.1. The monoisotopic (exact) mass is 340 g/mol. The summed E-state index contributed by atoms with van der Waals surface area (Å²) >= 11 is 0. The number of hydrogen-bond donors (Lipinski definition) is 2. The molecule has 0 fully saturated rings. The second kappa shape index (κ2) is 7.23. The summed E-state index contributed by atoms with van der Waals surface area (Å²) in [6.07, 6.45) is 0. The smallest absolute Gasteiger partial charge is 0.181 e. The van der Waals surface area contributed by atoms with Crippen molar-refractivity contribution in [3.8, 4) is 28.6 Å². The van der Waals surface area contributed by atoms with Crippen molar-refractivity contribution in [2.45, 2.75) is 6.04 Å². The minimum atomic E-state index is -0.466. The quantitative estimate of drug-likeness (QED) is 0.716. The van der Waals surface area contributed by atoms with Crippen LogP contribution >= 0.6 is 0 Å². The van der Waals surface area contributed by atoms with Gasteiger partial charge in [0.05, 0.1) is 27.4 Å². The molecule has 25 heavy (non-hydrogen) atoms. The Morgan fingerprint density at radius 1 is 0.960 bits per heavy atom. The number of ether oxygens (including phenoxy) is 3. The maximum Gasteiger partial charge on any atom is 0.181 e. The van der Waals surface area contributed by atoms with Gasteiger partial charge in [0.2, 0.25) is 0 Å². The van der Waals surface area contributed by atoms with E-state index in [1.807, 2.05) is 42.5 Å². The number of aromatic amines is 1. The van der Waals surface area contributed by atoms with E-state index in [-0.39, 0.29) is 0 Å². The number of nitrogens with one attached hydrogen (secondary N) is 1. The van der Waals surface area contributed by atoms with Crippen molar-refractivity contribution in [1.82, 2.24) is 15.2 Å². The van der Waals surface area contributed by atoms with Crippen LogP contribution in [0.2, 0.25) is 0 Å².